The number of ether oxygens (including phenoxy) is 1. The van der Waals surface area contributed by atoms with Gasteiger partial charge in [0.15, 0.2) is 0 Å². The summed E-state index contributed by atoms with van der Waals surface area (Å²) < 4.78 is 5.83. The van der Waals surface area contributed by atoms with Crippen molar-refractivity contribution >= 4 is 6.29 Å². The summed E-state index contributed by atoms with van der Waals surface area (Å²) in [7, 11) is 0. The maximum atomic E-state index is 10.8. The van der Waals surface area contributed by atoms with Crippen LogP contribution in [0.4, 0.5) is 0 Å². The number of nitrogens with zero attached hydrogens (tertiary/aromatic N) is 1. The van der Waals surface area contributed by atoms with E-state index >= 15 is 0 Å². The molecule has 0 saturated heterocycles. The highest BCUT2D eigenvalue weighted by Gasteiger charge is 2.07. The number of aromatic nitrogens is 1. The topological polar surface area (TPSA) is 39.2 Å². The summed E-state index contributed by atoms with van der Waals surface area (Å²) in [5.74, 6) is 0.828. The van der Waals surface area contributed by atoms with E-state index < -0.39 is 0 Å². The van der Waals surface area contributed by atoms with E-state index in [9.17, 15) is 4.79 Å². The quantitative estimate of drug-likeness (QED) is 0.786. The summed E-state index contributed by atoms with van der Waals surface area (Å²) in [6.45, 7) is 6.28. The Kier molecular flexibility index (Phi) is 3.95. The molecule has 0 aliphatic heterocycles. The molecule has 1 aromatic heterocycles. The van der Waals surface area contributed by atoms with E-state index in [1.54, 1.807) is 0 Å². The van der Waals surface area contributed by atoms with Crippen molar-refractivity contribution in [3.05, 3.63) is 58.4 Å². The van der Waals surface area contributed by atoms with Crippen LogP contribution < -0.4 is 4.74 Å². The number of hydrogen-bond donors (Lipinski definition) is 0. The molecule has 1 aromatic carbocycles. The molecule has 3 nitrogen and oxygen atoms in total. The number of carbonyl (C=O) groups excluding carboxylic acids is 1. The van der Waals surface area contributed by atoms with Gasteiger partial charge in [-0.1, -0.05) is 6.07 Å². The van der Waals surface area contributed by atoms with Gasteiger partial charge in [-0.3, -0.25) is 9.78 Å². The van der Waals surface area contributed by atoms with E-state index in [1.165, 1.54) is 0 Å². The molecule has 0 atom stereocenters. The second-order valence-corrected chi connectivity index (χ2v) is 4.66. The third kappa shape index (κ3) is 3.19. The Morgan fingerprint density at radius 3 is 2.42 bits per heavy atom. The van der Waals surface area contributed by atoms with Crippen LogP contribution in [0.1, 0.15) is 32.9 Å². The molecule has 0 unspecified atom stereocenters. The van der Waals surface area contributed by atoms with E-state index in [4.69, 9.17) is 4.74 Å². The van der Waals surface area contributed by atoms with Crippen LogP contribution in [0.25, 0.3) is 0 Å². The van der Waals surface area contributed by atoms with Crippen LogP contribution in [0.15, 0.2) is 30.3 Å². The first-order chi connectivity index (χ1) is 9.10. The average Bonchev–Trinajstić information content (AvgIpc) is 2.37. The molecule has 0 bridgehead atoms. The predicted octanol–water partition coefficient (Wildman–Crippen LogP) is 3.40. The van der Waals surface area contributed by atoms with Crippen LogP contribution in [0.2, 0.25) is 0 Å². The first-order valence-corrected chi connectivity index (χ1v) is 6.22. The Balaban J connectivity index is 2.18. The van der Waals surface area contributed by atoms with Gasteiger partial charge in [0, 0.05) is 11.3 Å². The van der Waals surface area contributed by atoms with Crippen LogP contribution in [-0.2, 0) is 6.61 Å². The Hall–Kier alpha value is -2.16. The molecule has 1 heterocycles. The SMILES string of the molecule is Cc1cccc(COc2c(C)cc(C=O)cc2C)n1. The molecule has 0 radical (unpaired) electrons. The third-order valence-electron chi connectivity index (χ3n) is 2.93. The summed E-state index contributed by atoms with van der Waals surface area (Å²) in [5.41, 5.74) is 4.49. The lowest BCUT2D eigenvalue weighted by Crippen LogP contribution is -2.02. The van der Waals surface area contributed by atoms with Crippen LogP contribution in [0.3, 0.4) is 0 Å². The predicted molar refractivity (Wildman–Crippen MR) is 74.6 cm³/mol. The zero-order valence-electron chi connectivity index (χ0n) is 11.4. The van der Waals surface area contributed by atoms with Crippen molar-refractivity contribution in [3.8, 4) is 5.75 Å². The molecule has 2 aromatic rings. The van der Waals surface area contributed by atoms with Gasteiger partial charge in [-0.25, -0.2) is 0 Å². The zero-order chi connectivity index (χ0) is 13.8. The highest BCUT2D eigenvalue weighted by atomic mass is 16.5. The van der Waals surface area contributed by atoms with Gasteiger partial charge in [0.25, 0.3) is 0 Å². The fourth-order valence-corrected chi connectivity index (χ4v) is 2.11. The Morgan fingerprint density at radius 2 is 1.84 bits per heavy atom. The average molecular weight is 255 g/mol. The second-order valence-electron chi connectivity index (χ2n) is 4.66. The lowest BCUT2D eigenvalue weighted by molar-refractivity contribution is 0.112. The van der Waals surface area contributed by atoms with E-state index in [1.807, 2.05) is 51.1 Å². The van der Waals surface area contributed by atoms with Gasteiger partial charge < -0.3 is 4.74 Å². The van der Waals surface area contributed by atoms with Crippen LogP contribution >= 0.6 is 0 Å². The molecular weight excluding hydrogens is 238 g/mol. The molecule has 2 rings (SSSR count). The van der Waals surface area contributed by atoms with Gasteiger partial charge in [0.1, 0.15) is 18.6 Å². The molecule has 3 heteroatoms. The van der Waals surface area contributed by atoms with Crippen molar-refractivity contribution in [1.82, 2.24) is 4.98 Å². The number of aryl methyl sites for hydroxylation is 3. The molecule has 0 fully saturated rings. The van der Waals surface area contributed by atoms with Crippen molar-refractivity contribution in [2.45, 2.75) is 27.4 Å². The van der Waals surface area contributed by atoms with Crippen LogP contribution in [0.5, 0.6) is 5.75 Å². The fraction of sp³-hybridized carbons (Fsp3) is 0.250. The summed E-state index contributed by atoms with van der Waals surface area (Å²) in [6.07, 6.45) is 0.853. The molecule has 0 spiro atoms. The third-order valence-corrected chi connectivity index (χ3v) is 2.93. The maximum absolute atomic E-state index is 10.8. The first-order valence-electron chi connectivity index (χ1n) is 6.22. The number of hydrogen-bond acceptors (Lipinski definition) is 3. The van der Waals surface area contributed by atoms with E-state index in [2.05, 4.69) is 4.98 Å². The van der Waals surface area contributed by atoms with Crippen molar-refractivity contribution in [3.63, 3.8) is 0 Å². The standard InChI is InChI=1S/C16H17NO2/c1-11-7-14(9-18)8-12(2)16(11)19-10-15-6-4-5-13(3)17-15/h4-9H,10H2,1-3H3. The van der Waals surface area contributed by atoms with Crippen molar-refractivity contribution < 1.29 is 9.53 Å². The normalized spacial score (nSPS) is 10.3. The van der Waals surface area contributed by atoms with Gasteiger partial charge in [0.2, 0.25) is 0 Å². The smallest absolute Gasteiger partial charge is 0.150 e. The Labute approximate surface area is 113 Å². The summed E-state index contributed by atoms with van der Waals surface area (Å²) in [5, 5.41) is 0. The lowest BCUT2D eigenvalue weighted by Gasteiger charge is -2.12. The second kappa shape index (κ2) is 5.65. The van der Waals surface area contributed by atoms with Gasteiger partial charge in [0.05, 0.1) is 5.69 Å². The zero-order valence-corrected chi connectivity index (χ0v) is 11.4. The van der Waals surface area contributed by atoms with Gasteiger partial charge in [-0.2, -0.15) is 0 Å². The number of rotatable bonds is 4. The Bertz CT molecular complexity index is 582. The van der Waals surface area contributed by atoms with Crippen LogP contribution in [-0.4, -0.2) is 11.3 Å². The van der Waals surface area contributed by atoms with Crippen molar-refractivity contribution in [1.29, 1.82) is 0 Å². The molecular formula is C16H17NO2. The number of benzene rings is 1. The monoisotopic (exact) mass is 255 g/mol. The van der Waals surface area contributed by atoms with Crippen molar-refractivity contribution in [2.75, 3.05) is 0 Å². The highest BCUT2D eigenvalue weighted by Crippen LogP contribution is 2.25. The van der Waals surface area contributed by atoms with E-state index in [0.29, 0.717) is 12.2 Å². The summed E-state index contributed by atoms with van der Waals surface area (Å²) in [4.78, 5) is 15.2. The largest absolute Gasteiger partial charge is 0.487 e. The summed E-state index contributed by atoms with van der Waals surface area (Å²) in [6, 6.07) is 9.53. The van der Waals surface area contributed by atoms with Gasteiger partial charge in [-0.15, -0.1) is 0 Å². The minimum Gasteiger partial charge on any atom is -0.487 e. The molecule has 98 valence electrons. The molecule has 0 aliphatic rings. The Morgan fingerprint density at radius 1 is 1.16 bits per heavy atom. The molecule has 0 amide bonds. The van der Waals surface area contributed by atoms with E-state index in [0.717, 1.165) is 34.6 Å². The highest BCUT2D eigenvalue weighted by molar-refractivity contribution is 5.76. The van der Waals surface area contributed by atoms with Crippen molar-refractivity contribution in [2.24, 2.45) is 0 Å². The fourth-order valence-electron chi connectivity index (χ4n) is 2.11. The number of aldehydes is 1. The van der Waals surface area contributed by atoms with E-state index in [-0.39, 0.29) is 0 Å². The minimum absolute atomic E-state index is 0.434. The molecule has 0 N–H and O–H groups in total. The van der Waals surface area contributed by atoms with Gasteiger partial charge in [-0.05, 0) is 56.2 Å². The molecule has 0 aliphatic carbocycles. The van der Waals surface area contributed by atoms with Gasteiger partial charge >= 0.3 is 0 Å². The van der Waals surface area contributed by atoms with Crippen LogP contribution in [0, 0.1) is 20.8 Å². The lowest BCUT2D eigenvalue weighted by atomic mass is 10.1. The minimum atomic E-state index is 0.434. The first kappa shape index (κ1) is 13.3. The molecule has 19 heavy (non-hydrogen) atoms. The summed E-state index contributed by atoms with van der Waals surface area (Å²) >= 11 is 0. The number of pyridine rings is 1. The number of carbonyl (C=O) groups is 1. The maximum Gasteiger partial charge on any atom is 0.150 e. The molecule has 0 saturated carbocycles.